The van der Waals surface area contributed by atoms with E-state index in [1.165, 1.54) is 12.1 Å². The number of hydrogen-bond donors (Lipinski definition) is 1. The van der Waals surface area contributed by atoms with Gasteiger partial charge in [0, 0.05) is 22.9 Å². The summed E-state index contributed by atoms with van der Waals surface area (Å²) in [6, 6.07) is 7.99. The number of hydrogen-bond acceptors (Lipinski definition) is 4. The molecule has 106 valence electrons. The number of nitrogens with zero attached hydrogens (tertiary/aromatic N) is 4. The largest absolute Gasteiger partial charge is 0.394 e. The Labute approximate surface area is 120 Å². The molecule has 0 saturated carbocycles. The lowest BCUT2D eigenvalue weighted by Crippen LogP contribution is -2.02. The molecular weight excluding hydrogens is 271 g/mol. The zero-order valence-electron chi connectivity index (χ0n) is 11.1. The molecule has 0 radical (unpaired) electrons. The van der Waals surface area contributed by atoms with Crippen molar-refractivity contribution < 1.29 is 9.50 Å². The van der Waals surface area contributed by atoms with E-state index in [1.807, 2.05) is 12.3 Å². The Morgan fingerprint density at radius 3 is 2.52 bits per heavy atom. The van der Waals surface area contributed by atoms with Crippen molar-refractivity contribution in [1.82, 2.24) is 20.0 Å². The zero-order valence-corrected chi connectivity index (χ0v) is 11.1. The van der Waals surface area contributed by atoms with Crippen LogP contribution in [0.3, 0.4) is 0 Å². The van der Waals surface area contributed by atoms with Gasteiger partial charge in [0.05, 0.1) is 25.5 Å². The van der Waals surface area contributed by atoms with Gasteiger partial charge in [-0.1, -0.05) is 0 Å². The number of halogens is 1. The van der Waals surface area contributed by atoms with Gasteiger partial charge in [-0.2, -0.15) is 15.3 Å². The molecule has 3 aromatic rings. The molecule has 0 spiro atoms. The Bertz CT molecular complexity index is 725. The second-order valence-electron chi connectivity index (χ2n) is 4.52. The van der Waals surface area contributed by atoms with Gasteiger partial charge in [0.15, 0.2) is 0 Å². The van der Waals surface area contributed by atoms with Gasteiger partial charge >= 0.3 is 0 Å². The Morgan fingerprint density at radius 2 is 1.86 bits per heavy atom. The molecule has 3 rings (SSSR count). The molecule has 0 fully saturated rings. The molecule has 0 aliphatic heterocycles. The van der Waals surface area contributed by atoms with Crippen molar-refractivity contribution in [3.05, 3.63) is 54.7 Å². The van der Waals surface area contributed by atoms with Crippen LogP contribution in [0.5, 0.6) is 0 Å². The molecule has 5 nitrogen and oxygen atoms in total. The number of aliphatic hydroxyl groups is 1. The standard InChI is InChI=1S/C15H13FN4O/c16-13-3-1-11(2-4-13)15-14(10-20(19-15)7-8-21)12-5-6-17-18-9-12/h1-6,9-10,21H,7-8H2. The number of rotatable bonds is 4. The van der Waals surface area contributed by atoms with Gasteiger partial charge in [-0.3, -0.25) is 4.68 Å². The topological polar surface area (TPSA) is 63.8 Å². The van der Waals surface area contributed by atoms with Gasteiger partial charge < -0.3 is 5.11 Å². The summed E-state index contributed by atoms with van der Waals surface area (Å²) in [4.78, 5) is 0. The smallest absolute Gasteiger partial charge is 0.123 e. The van der Waals surface area contributed by atoms with Gasteiger partial charge in [0.2, 0.25) is 0 Å². The van der Waals surface area contributed by atoms with Gasteiger partial charge in [-0.15, -0.1) is 0 Å². The maximum atomic E-state index is 13.1. The molecule has 0 atom stereocenters. The first-order valence-electron chi connectivity index (χ1n) is 6.49. The summed E-state index contributed by atoms with van der Waals surface area (Å²) in [5.74, 6) is -0.291. The molecule has 1 N–H and O–H groups in total. The van der Waals surface area contributed by atoms with Crippen LogP contribution < -0.4 is 0 Å². The highest BCUT2D eigenvalue weighted by molar-refractivity contribution is 5.79. The molecule has 1 aromatic carbocycles. The molecule has 2 heterocycles. The van der Waals surface area contributed by atoms with Crippen molar-refractivity contribution in [3.63, 3.8) is 0 Å². The Kier molecular flexibility index (Phi) is 3.70. The summed E-state index contributed by atoms with van der Waals surface area (Å²) in [6.07, 6.45) is 5.09. The molecule has 0 aliphatic carbocycles. The van der Waals surface area contributed by atoms with E-state index in [0.29, 0.717) is 6.54 Å². The van der Waals surface area contributed by atoms with E-state index < -0.39 is 0 Å². The van der Waals surface area contributed by atoms with E-state index >= 15 is 0 Å². The van der Waals surface area contributed by atoms with Crippen LogP contribution in [-0.4, -0.2) is 31.7 Å². The normalized spacial score (nSPS) is 10.8. The average Bonchev–Trinajstić information content (AvgIpc) is 2.93. The van der Waals surface area contributed by atoms with E-state index in [9.17, 15) is 4.39 Å². The zero-order chi connectivity index (χ0) is 14.7. The first kappa shape index (κ1) is 13.4. The minimum absolute atomic E-state index is 0.00142. The fourth-order valence-corrected chi connectivity index (χ4v) is 2.12. The van der Waals surface area contributed by atoms with Crippen molar-refractivity contribution in [1.29, 1.82) is 0 Å². The summed E-state index contributed by atoms with van der Waals surface area (Å²) < 4.78 is 14.7. The third-order valence-electron chi connectivity index (χ3n) is 3.10. The fraction of sp³-hybridized carbons (Fsp3) is 0.133. The molecule has 0 amide bonds. The maximum Gasteiger partial charge on any atom is 0.123 e. The Balaban J connectivity index is 2.11. The predicted octanol–water partition coefficient (Wildman–Crippen LogP) is 2.14. The number of benzene rings is 1. The molecule has 6 heteroatoms. The van der Waals surface area contributed by atoms with Crippen LogP contribution in [0, 0.1) is 5.82 Å². The molecule has 0 unspecified atom stereocenters. The highest BCUT2D eigenvalue weighted by Gasteiger charge is 2.13. The molecule has 0 saturated heterocycles. The lowest BCUT2D eigenvalue weighted by molar-refractivity contribution is 0.269. The van der Waals surface area contributed by atoms with Gasteiger partial charge in [-0.25, -0.2) is 4.39 Å². The van der Waals surface area contributed by atoms with Crippen molar-refractivity contribution in [3.8, 4) is 22.4 Å². The van der Waals surface area contributed by atoms with Crippen molar-refractivity contribution in [2.45, 2.75) is 6.54 Å². The molecule has 0 aliphatic rings. The highest BCUT2D eigenvalue weighted by atomic mass is 19.1. The number of aromatic nitrogens is 4. The van der Waals surface area contributed by atoms with Crippen LogP contribution in [0.25, 0.3) is 22.4 Å². The third-order valence-corrected chi connectivity index (χ3v) is 3.10. The second kappa shape index (κ2) is 5.80. The summed E-state index contributed by atoms with van der Waals surface area (Å²) in [5.41, 5.74) is 3.26. The first-order valence-corrected chi connectivity index (χ1v) is 6.49. The van der Waals surface area contributed by atoms with Crippen molar-refractivity contribution in [2.24, 2.45) is 0 Å². The van der Waals surface area contributed by atoms with Crippen LogP contribution in [0.15, 0.2) is 48.9 Å². The predicted molar refractivity (Wildman–Crippen MR) is 75.7 cm³/mol. The van der Waals surface area contributed by atoms with E-state index in [0.717, 1.165) is 22.4 Å². The van der Waals surface area contributed by atoms with Crippen LogP contribution in [0.1, 0.15) is 0 Å². The van der Waals surface area contributed by atoms with Gasteiger partial charge in [0.25, 0.3) is 0 Å². The van der Waals surface area contributed by atoms with Crippen LogP contribution in [0.4, 0.5) is 4.39 Å². The van der Waals surface area contributed by atoms with E-state index in [4.69, 9.17) is 5.11 Å². The Hall–Kier alpha value is -2.60. The third kappa shape index (κ3) is 2.80. The molecule has 2 aromatic heterocycles. The van der Waals surface area contributed by atoms with Crippen molar-refractivity contribution in [2.75, 3.05) is 6.61 Å². The van der Waals surface area contributed by atoms with E-state index in [2.05, 4.69) is 15.3 Å². The van der Waals surface area contributed by atoms with Crippen LogP contribution >= 0.6 is 0 Å². The summed E-state index contributed by atoms with van der Waals surface area (Å²) >= 11 is 0. The Morgan fingerprint density at radius 1 is 1.05 bits per heavy atom. The van der Waals surface area contributed by atoms with Gasteiger partial charge in [0.1, 0.15) is 11.5 Å². The van der Waals surface area contributed by atoms with Gasteiger partial charge in [-0.05, 0) is 30.3 Å². The first-order chi connectivity index (χ1) is 10.3. The summed E-state index contributed by atoms with van der Waals surface area (Å²) in [5, 5.41) is 21.2. The van der Waals surface area contributed by atoms with Crippen LogP contribution in [0.2, 0.25) is 0 Å². The SMILES string of the molecule is OCCn1cc(-c2ccnnc2)c(-c2ccc(F)cc2)n1. The molecule has 21 heavy (non-hydrogen) atoms. The van der Waals surface area contributed by atoms with Crippen LogP contribution in [-0.2, 0) is 6.54 Å². The molecule has 0 bridgehead atoms. The highest BCUT2D eigenvalue weighted by Crippen LogP contribution is 2.30. The van der Waals surface area contributed by atoms with Crippen molar-refractivity contribution >= 4 is 0 Å². The average molecular weight is 284 g/mol. The minimum atomic E-state index is -0.291. The molecular formula is C15H13FN4O. The number of aliphatic hydroxyl groups excluding tert-OH is 1. The van der Waals surface area contributed by atoms with E-state index in [-0.39, 0.29) is 12.4 Å². The lowest BCUT2D eigenvalue weighted by atomic mass is 10.0. The summed E-state index contributed by atoms with van der Waals surface area (Å²) in [7, 11) is 0. The quantitative estimate of drug-likeness (QED) is 0.797. The fourth-order valence-electron chi connectivity index (χ4n) is 2.12. The lowest BCUT2D eigenvalue weighted by Gasteiger charge is -2.01. The second-order valence-corrected chi connectivity index (χ2v) is 4.52. The van der Waals surface area contributed by atoms with E-state index in [1.54, 1.807) is 29.2 Å². The monoisotopic (exact) mass is 284 g/mol. The summed E-state index contributed by atoms with van der Waals surface area (Å²) in [6.45, 7) is 0.394. The maximum absolute atomic E-state index is 13.1. The minimum Gasteiger partial charge on any atom is -0.394 e.